The number of benzene rings is 1. The van der Waals surface area contributed by atoms with Crippen LogP contribution < -0.4 is 5.43 Å². The van der Waals surface area contributed by atoms with E-state index in [1.165, 1.54) is 30.2 Å². The summed E-state index contributed by atoms with van der Waals surface area (Å²) in [5.74, 6) is 0.0226. The first-order chi connectivity index (χ1) is 15.4. The van der Waals surface area contributed by atoms with Crippen LogP contribution in [0, 0.1) is 27.7 Å². The quantitative estimate of drug-likeness (QED) is 0.214. The van der Waals surface area contributed by atoms with Crippen LogP contribution in [-0.4, -0.2) is 32.4 Å². The maximum absolute atomic E-state index is 12.2. The van der Waals surface area contributed by atoms with Crippen LogP contribution in [0.4, 0.5) is 0 Å². The van der Waals surface area contributed by atoms with Crippen LogP contribution in [0.15, 0.2) is 46.7 Å². The SMILES string of the molecule is CCCCc1ccc(-n2c(C)cc(/C=N\NC(=O)CSc3nc(C)cc(C)n3)c2C)cc1. The van der Waals surface area contributed by atoms with E-state index in [2.05, 4.69) is 76.2 Å². The van der Waals surface area contributed by atoms with Gasteiger partial charge in [-0.05, 0) is 70.4 Å². The van der Waals surface area contributed by atoms with Gasteiger partial charge in [-0.1, -0.05) is 37.2 Å². The van der Waals surface area contributed by atoms with Gasteiger partial charge in [0.2, 0.25) is 0 Å². The highest BCUT2D eigenvalue weighted by molar-refractivity contribution is 7.99. The molecule has 0 saturated carbocycles. The van der Waals surface area contributed by atoms with Gasteiger partial charge in [-0.3, -0.25) is 4.79 Å². The number of rotatable bonds is 9. The molecular formula is C25H31N5OS. The van der Waals surface area contributed by atoms with Crippen LogP contribution in [0.2, 0.25) is 0 Å². The summed E-state index contributed by atoms with van der Waals surface area (Å²) >= 11 is 1.30. The zero-order valence-electron chi connectivity index (χ0n) is 19.5. The topological polar surface area (TPSA) is 72.2 Å². The molecule has 0 fully saturated rings. The Morgan fingerprint density at radius 1 is 1.09 bits per heavy atom. The average Bonchev–Trinajstić information content (AvgIpc) is 3.03. The first-order valence-electron chi connectivity index (χ1n) is 10.9. The Morgan fingerprint density at radius 2 is 1.78 bits per heavy atom. The van der Waals surface area contributed by atoms with E-state index in [4.69, 9.17) is 0 Å². The van der Waals surface area contributed by atoms with Crippen molar-refractivity contribution in [2.24, 2.45) is 5.10 Å². The Bertz CT molecular complexity index is 1080. The van der Waals surface area contributed by atoms with Gasteiger partial charge in [0.15, 0.2) is 5.16 Å². The van der Waals surface area contributed by atoms with E-state index in [0.29, 0.717) is 5.16 Å². The summed E-state index contributed by atoms with van der Waals surface area (Å²) in [6, 6.07) is 12.7. The third-order valence-electron chi connectivity index (χ3n) is 5.17. The zero-order chi connectivity index (χ0) is 23.1. The molecule has 1 N–H and O–H groups in total. The van der Waals surface area contributed by atoms with Crippen LogP contribution in [0.5, 0.6) is 0 Å². The molecule has 1 amide bonds. The smallest absolute Gasteiger partial charge is 0.250 e. The molecule has 0 aliphatic heterocycles. The van der Waals surface area contributed by atoms with Crippen molar-refractivity contribution in [3.63, 3.8) is 0 Å². The van der Waals surface area contributed by atoms with Crippen molar-refractivity contribution in [3.8, 4) is 5.69 Å². The fraction of sp³-hybridized carbons (Fsp3) is 0.360. The molecule has 0 aliphatic rings. The number of carbonyl (C=O) groups is 1. The maximum atomic E-state index is 12.2. The molecule has 0 spiro atoms. The van der Waals surface area contributed by atoms with E-state index in [-0.39, 0.29) is 11.7 Å². The van der Waals surface area contributed by atoms with Gasteiger partial charge in [-0.15, -0.1) is 0 Å². The van der Waals surface area contributed by atoms with Crippen molar-refractivity contribution in [2.45, 2.75) is 59.0 Å². The molecule has 0 bridgehead atoms. The minimum atomic E-state index is -0.189. The van der Waals surface area contributed by atoms with Crippen molar-refractivity contribution in [3.05, 3.63) is 70.3 Å². The molecule has 1 aromatic carbocycles. The van der Waals surface area contributed by atoms with Crippen LogP contribution in [-0.2, 0) is 11.2 Å². The number of hydrogen-bond acceptors (Lipinski definition) is 5. The van der Waals surface area contributed by atoms with Crippen LogP contribution in [0.1, 0.15) is 53.7 Å². The molecule has 32 heavy (non-hydrogen) atoms. The summed E-state index contributed by atoms with van der Waals surface area (Å²) in [6.45, 7) is 10.2. The minimum Gasteiger partial charge on any atom is -0.318 e. The summed E-state index contributed by atoms with van der Waals surface area (Å²) in [5.41, 5.74) is 10.1. The Hall–Kier alpha value is -2.93. The third kappa shape index (κ3) is 6.29. The van der Waals surface area contributed by atoms with E-state index < -0.39 is 0 Å². The molecule has 0 atom stereocenters. The first kappa shape index (κ1) is 23.7. The molecule has 168 valence electrons. The normalized spacial score (nSPS) is 11.3. The van der Waals surface area contributed by atoms with Crippen LogP contribution >= 0.6 is 11.8 Å². The number of thioether (sulfide) groups is 1. The number of nitrogens with one attached hydrogen (secondary N) is 1. The number of unbranched alkanes of at least 4 members (excludes halogenated alkanes) is 1. The molecule has 3 rings (SSSR count). The summed E-state index contributed by atoms with van der Waals surface area (Å²) < 4.78 is 2.21. The zero-order valence-corrected chi connectivity index (χ0v) is 20.3. The number of carbonyl (C=O) groups excluding carboxylic acids is 1. The van der Waals surface area contributed by atoms with Gasteiger partial charge in [0.05, 0.1) is 12.0 Å². The van der Waals surface area contributed by atoms with Crippen molar-refractivity contribution in [1.29, 1.82) is 0 Å². The highest BCUT2D eigenvalue weighted by Crippen LogP contribution is 2.21. The second-order valence-electron chi connectivity index (χ2n) is 7.95. The van der Waals surface area contributed by atoms with Gasteiger partial charge in [-0.2, -0.15) is 5.10 Å². The summed E-state index contributed by atoms with van der Waals surface area (Å²) in [7, 11) is 0. The molecular weight excluding hydrogens is 418 g/mol. The van der Waals surface area contributed by atoms with Gasteiger partial charge in [-0.25, -0.2) is 15.4 Å². The highest BCUT2D eigenvalue weighted by atomic mass is 32.2. The number of amides is 1. The fourth-order valence-electron chi connectivity index (χ4n) is 3.60. The minimum absolute atomic E-state index is 0.189. The molecule has 0 aliphatic carbocycles. The molecule has 7 heteroatoms. The Labute approximate surface area is 194 Å². The third-order valence-corrected chi connectivity index (χ3v) is 6.02. The van der Waals surface area contributed by atoms with Crippen molar-refractivity contribution >= 4 is 23.9 Å². The van der Waals surface area contributed by atoms with E-state index in [1.807, 2.05) is 19.9 Å². The predicted molar refractivity (Wildman–Crippen MR) is 132 cm³/mol. The number of aryl methyl sites for hydroxylation is 4. The number of hydrogen-bond donors (Lipinski definition) is 1. The standard InChI is InChI=1S/C25H31N5OS/c1-6-7-8-21-9-11-23(12-10-21)30-19(4)14-22(20(30)5)15-26-29-24(31)16-32-25-27-17(2)13-18(3)28-25/h9-15H,6-8,16H2,1-5H3,(H,29,31)/b26-15-. The fourth-order valence-corrected chi connectivity index (χ4v) is 4.34. The molecule has 2 heterocycles. The molecule has 0 saturated heterocycles. The van der Waals surface area contributed by atoms with Gasteiger partial charge in [0.25, 0.3) is 5.91 Å². The van der Waals surface area contributed by atoms with E-state index in [1.54, 1.807) is 6.21 Å². The maximum Gasteiger partial charge on any atom is 0.250 e. The van der Waals surface area contributed by atoms with E-state index in [9.17, 15) is 4.79 Å². The molecule has 6 nitrogen and oxygen atoms in total. The summed E-state index contributed by atoms with van der Waals surface area (Å²) in [4.78, 5) is 20.8. The van der Waals surface area contributed by atoms with Gasteiger partial charge < -0.3 is 4.57 Å². The molecule has 0 radical (unpaired) electrons. The second-order valence-corrected chi connectivity index (χ2v) is 8.89. The van der Waals surface area contributed by atoms with Gasteiger partial charge >= 0.3 is 0 Å². The second kappa shape index (κ2) is 11.1. The molecule has 3 aromatic rings. The van der Waals surface area contributed by atoms with E-state index >= 15 is 0 Å². The lowest BCUT2D eigenvalue weighted by Crippen LogP contribution is -2.19. The van der Waals surface area contributed by atoms with Gasteiger partial charge in [0.1, 0.15) is 0 Å². The monoisotopic (exact) mass is 449 g/mol. The van der Waals surface area contributed by atoms with E-state index in [0.717, 1.165) is 40.4 Å². The lowest BCUT2D eigenvalue weighted by molar-refractivity contribution is -0.118. The van der Waals surface area contributed by atoms with Crippen molar-refractivity contribution in [2.75, 3.05) is 5.75 Å². The molecule has 2 aromatic heterocycles. The van der Waals surface area contributed by atoms with Crippen LogP contribution in [0.3, 0.4) is 0 Å². The number of nitrogens with zero attached hydrogens (tertiary/aromatic N) is 4. The summed E-state index contributed by atoms with van der Waals surface area (Å²) in [5, 5.41) is 4.76. The Morgan fingerprint density at radius 3 is 2.44 bits per heavy atom. The average molecular weight is 450 g/mol. The highest BCUT2D eigenvalue weighted by Gasteiger charge is 2.10. The predicted octanol–water partition coefficient (Wildman–Crippen LogP) is 5.09. The lowest BCUT2D eigenvalue weighted by atomic mass is 10.1. The number of hydrazone groups is 1. The number of aromatic nitrogens is 3. The van der Waals surface area contributed by atoms with Crippen molar-refractivity contribution < 1.29 is 4.79 Å². The first-order valence-corrected chi connectivity index (χ1v) is 11.9. The lowest BCUT2D eigenvalue weighted by Gasteiger charge is -2.10. The largest absolute Gasteiger partial charge is 0.318 e. The van der Waals surface area contributed by atoms with Gasteiger partial charge in [0, 0.05) is 34.0 Å². The summed E-state index contributed by atoms with van der Waals surface area (Å²) in [6.07, 6.45) is 5.23. The van der Waals surface area contributed by atoms with Crippen LogP contribution in [0.25, 0.3) is 5.69 Å². The molecule has 0 unspecified atom stereocenters. The van der Waals surface area contributed by atoms with Crippen molar-refractivity contribution in [1.82, 2.24) is 20.0 Å². The Kier molecular flexibility index (Phi) is 8.22. The Balaban J connectivity index is 1.61.